The second-order valence-electron chi connectivity index (χ2n) is 9.37. The minimum absolute atomic E-state index is 0.0242. The molecule has 0 spiro atoms. The van der Waals surface area contributed by atoms with E-state index in [-0.39, 0.29) is 29.7 Å². The van der Waals surface area contributed by atoms with Crippen molar-refractivity contribution in [3.05, 3.63) is 65.7 Å². The maximum absolute atomic E-state index is 12.5. The van der Waals surface area contributed by atoms with Gasteiger partial charge in [-0.05, 0) is 55.7 Å². The lowest BCUT2D eigenvalue weighted by molar-refractivity contribution is -0.132. The number of carbonyl (C=O) groups excluding carboxylic acids is 2. The Morgan fingerprint density at radius 3 is 2.49 bits per heavy atom. The Balaban J connectivity index is 1.73. The number of rotatable bonds is 5. The van der Waals surface area contributed by atoms with Crippen LogP contribution in [0.4, 0.5) is 0 Å². The molecule has 1 aliphatic rings. The number of benzene rings is 1. The highest BCUT2D eigenvalue weighted by Gasteiger charge is 2.41. The fraction of sp³-hybridized carbons (Fsp3) is 0.321. The van der Waals surface area contributed by atoms with Crippen LogP contribution in [0.5, 0.6) is 5.75 Å². The Labute approximate surface area is 220 Å². The molecule has 3 aromatic heterocycles. The van der Waals surface area contributed by atoms with Gasteiger partial charge in [0, 0.05) is 56.0 Å². The van der Waals surface area contributed by atoms with Gasteiger partial charge >= 0.3 is 5.97 Å². The van der Waals surface area contributed by atoms with E-state index in [0.29, 0.717) is 10.7 Å². The molecule has 1 saturated heterocycles. The predicted octanol–water partition coefficient (Wildman–Crippen LogP) is 5.54. The summed E-state index contributed by atoms with van der Waals surface area (Å²) in [6.07, 6.45) is 6.98. The smallest absolute Gasteiger partial charge is 0.308 e. The number of nitrogens with zero attached hydrogens (tertiary/aromatic N) is 5. The van der Waals surface area contributed by atoms with Gasteiger partial charge in [-0.25, -0.2) is 9.50 Å². The first-order valence-electron chi connectivity index (χ1n) is 12.3. The molecule has 0 saturated carbocycles. The number of hydrogen-bond donors (Lipinski definition) is 0. The van der Waals surface area contributed by atoms with Crippen molar-refractivity contribution in [1.82, 2.24) is 24.5 Å². The molecule has 0 aliphatic carbocycles. The highest BCUT2D eigenvalue weighted by Crippen LogP contribution is 2.42. The van der Waals surface area contributed by atoms with Gasteiger partial charge in [-0.3, -0.25) is 14.6 Å². The molecule has 3 atom stereocenters. The van der Waals surface area contributed by atoms with E-state index in [2.05, 4.69) is 18.8 Å². The highest BCUT2D eigenvalue weighted by molar-refractivity contribution is 6.32. The summed E-state index contributed by atoms with van der Waals surface area (Å²) in [7, 11) is 0. The van der Waals surface area contributed by atoms with Crippen molar-refractivity contribution in [1.29, 1.82) is 0 Å². The Hall–Kier alpha value is -3.78. The van der Waals surface area contributed by atoms with Crippen LogP contribution in [0.15, 0.2) is 55.0 Å². The van der Waals surface area contributed by atoms with Crippen molar-refractivity contribution in [3.63, 3.8) is 0 Å². The largest absolute Gasteiger partial charge is 0.425 e. The molecule has 8 nitrogen and oxygen atoms in total. The molecule has 1 aliphatic heterocycles. The molecule has 4 heterocycles. The molecule has 0 bridgehead atoms. The number of halogens is 1. The Kier molecular flexibility index (Phi) is 6.69. The van der Waals surface area contributed by atoms with Crippen LogP contribution in [0.1, 0.15) is 52.1 Å². The topological polar surface area (TPSA) is 89.7 Å². The van der Waals surface area contributed by atoms with Gasteiger partial charge in [0.15, 0.2) is 5.65 Å². The molecule has 0 radical (unpaired) electrons. The minimum atomic E-state index is -0.454. The molecule has 5 rings (SSSR count). The van der Waals surface area contributed by atoms with Gasteiger partial charge in [0.25, 0.3) is 0 Å². The molecule has 190 valence electrons. The maximum atomic E-state index is 12.5. The molecule has 9 heteroatoms. The number of ether oxygens (including phenoxy) is 1. The van der Waals surface area contributed by atoms with Crippen LogP contribution in [0.2, 0.25) is 5.02 Å². The van der Waals surface area contributed by atoms with Gasteiger partial charge in [-0.15, -0.1) is 0 Å². The first kappa shape index (κ1) is 24.9. The van der Waals surface area contributed by atoms with E-state index in [4.69, 9.17) is 26.4 Å². The second kappa shape index (κ2) is 9.94. The van der Waals surface area contributed by atoms with Crippen molar-refractivity contribution < 1.29 is 14.3 Å². The van der Waals surface area contributed by atoms with Gasteiger partial charge in [0.05, 0.1) is 16.3 Å². The lowest BCUT2D eigenvalue weighted by atomic mass is 9.95. The van der Waals surface area contributed by atoms with E-state index in [1.807, 2.05) is 33.7 Å². The van der Waals surface area contributed by atoms with Crippen LogP contribution >= 0.6 is 11.6 Å². The van der Waals surface area contributed by atoms with Crippen LogP contribution in [0.3, 0.4) is 0 Å². The van der Waals surface area contributed by atoms with E-state index in [1.54, 1.807) is 37.6 Å². The van der Waals surface area contributed by atoms with Crippen LogP contribution < -0.4 is 4.74 Å². The standard InChI is InChI=1S/C28H28ClN5O3/c1-5-21-15-22(16(2)33(21)17(3)35)24-10-13-31-28-26(20-6-7-23(29)25(14-20)37-18(4)36)27(32-34(24)28)19-8-11-30-12-9-19/h6-14,16,21-22H,5,15H2,1-4H3. The third-order valence-electron chi connectivity index (χ3n) is 7.13. The summed E-state index contributed by atoms with van der Waals surface area (Å²) in [6, 6.07) is 11.3. The van der Waals surface area contributed by atoms with Crippen molar-refractivity contribution in [2.45, 2.75) is 58.5 Å². The third-order valence-corrected chi connectivity index (χ3v) is 7.44. The number of carbonyl (C=O) groups is 2. The number of amides is 1. The summed E-state index contributed by atoms with van der Waals surface area (Å²) in [5.41, 5.74) is 4.82. The Morgan fingerprint density at radius 1 is 1.08 bits per heavy atom. The number of aromatic nitrogens is 4. The molecule has 4 aromatic rings. The number of hydrogen-bond acceptors (Lipinski definition) is 6. The number of likely N-dealkylation sites (tertiary alicyclic amines) is 1. The molecule has 0 N–H and O–H groups in total. The van der Waals surface area contributed by atoms with E-state index >= 15 is 0 Å². The average Bonchev–Trinajstić information content (AvgIpc) is 3.43. The highest BCUT2D eigenvalue weighted by atomic mass is 35.5. The maximum Gasteiger partial charge on any atom is 0.308 e. The quantitative estimate of drug-likeness (QED) is 0.255. The van der Waals surface area contributed by atoms with Crippen LogP contribution in [0.25, 0.3) is 28.0 Å². The summed E-state index contributed by atoms with van der Waals surface area (Å²) in [4.78, 5) is 35.0. The van der Waals surface area contributed by atoms with Gasteiger partial charge in [-0.1, -0.05) is 24.6 Å². The van der Waals surface area contributed by atoms with E-state index in [0.717, 1.165) is 40.9 Å². The van der Waals surface area contributed by atoms with E-state index in [1.165, 1.54) is 6.92 Å². The number of fused-ring (bicyclic) bond motifs is 1. The fourth-order valence-corrected chi connectivity index (χ4v) is 5.67. The number of pyridine rings is 1. The van der Waals surface area contributed by atoms with Crippen molar-refractivity contribution in [2.75, 3.05) is 0 Å². The Bertz CT molecular complexity index is 1490. The predicted molar refractivity (Wildman–Crippen MR) is 141 cm³/mol. The normalized spacial score (nSPS) is 19.4. The third kappa shape index (κ3) is 4.46. The minimum Gasteiger partial charge on any atom is -0.425 e. The summed E-state index contributed by atoms with van der Waals surface area (Å²) >= 11 is 6.32. The SMILES string of the molecule is CCC1CC(c2ccnc3c(-c4ccc(Cl)c(OC(C)=O)c4)c(-c4ccncc4)nn23)C(C)N1C(C)=O. The lowest BCUT2D eigenvalue weighted by Crippen LogP contribution is -2.39. The zero-order valence-electron chi connectivity index (χ0n) is 21.2. The van der Waals surface area contributed by atoms with Crippen LogP contribution in [-0.2, 0) is 9.59 Å². The summed E-state index contributed by atoms with van der Waals surface area (Å²) in [5.74, 6) is 0.00344. The summed E-state index contributed by atoms with van der Waals surface area (Å²) < 4.78 is 7.24. The first-order chi connectivity index (χ1) is 17.8. The van der Waals surface area contributed by atoms with Crippen molar-refractivity contribution in [2.24, 2.45) is 0 Å². The fourth-order valence-electron chi connectivity index (χ4n) is 5.52. The Morgan fingerprint density at radius 2 is 1.84 bits per heavy atom. The molecular formula is C28H28ClN5O3. The van der Waals surface area contributed by atoms with E-state index in [9.17, 15) is 9.59 Å². The monoisotopic (exact) mass is 517 g/mol. The van der Waals surface area contributed by atoms with Crippen LogP contribution in [-0.4, -0.2) is 48.4 Å². The summed E-state index contributed by atoms with van der Waals surface area (Å²) in [6.45, 7) is 7.20. The van der Waals surface area contributed by atoms with Gasteiger partial charge in [0.1, 0.15) is 11.4 Å². The molecule has 37 heavy (non-hydrogen) atoms. The second-order valence-corrected chi connectivity index (χ2v) is 9.78. The molecule has 1 aromatic carbocycles. The average molecular weight is 518 g/mol. The van der Waals surface area contributed by atoms with Crippen molar-refractivity contribution >= 4 is 29.1 Å². The van der Waals surface area contributed by atoms with E-state index < -0.39 is 5.97 Å². The van der Waals surface area contributed by atoms with Gasteiger partial charge < -0.3 is 9.64 Å². The van der Waals surface area contributed by atoms with Crippen molar-refractivity contribution in [3.8, 4) is 28.1 Å². The summed E-state index contributed by atoms with van der Waals surface area (Å²) in [5, 5.41) is 5.39. The molecule has 1 amide bonds. The molecular weight excluding hydrogens is 490 g/mol. The van der Waals surface area contributed by atoms with Crippen LogP contribution in [0, 0.1) is 0 Å². The van der Waals surface area contributed by atoms with Gasteiger partial charge in [-0.2, -0.15) is 5.10 Å². The molecule has 1 fully saturated rings. The zero-order valence-corrected chi connectivity index (χ0v) is 21.9. The molecule has 3 unspecified atom stereocenters. The zero-order chi connectivity index (χ0) is 26.3. The number of esters is 1. The first-order valence-corrected chi connectivity index (χ1v) is 12.7. The lowest BCUT2D eigenvalue weighted by Gasteiger charge is -2.27. The van der Waals surface area contributed by atoms with Gasteiger partial charge in [0.2, 0.25) is 5.91 Å².